The number of nitrogens with one attached hydrogen (secondary N) is 1. The summed E-state index contributed by atoms with van der Waals surface area (Å²) in [6, 6.07) is 19.8. The van der Waals surface area contributed by atoms with Crippen molar-refractivity contribution in [3.05, 3.63) is 89.7 Å². The number of rotatable bonds is 8. The highest BCUT2D eigenvalue weighted by Crippen LogP contribution is 2.33. The minimum absolute atomic E-state index is 0.0133. The summed E-state index contributed by atoms with van der Waals surface area (Å²) in [5.74, 6) is -1.31. The van der Waals surface area contributed by atoms with E-state index in [1.54, 1.807) is 18.2 Å². The van der Waals surface area contributed by atoms with Crippen LogP contribution in [0.5, 0.6) is 0 Å². The van der Waals surface area contributed by atoms with E-state index in [-0.39, 0.29) is 30.0 Å². The lowest BCUT2D eigenvalue weighted by atomic mass is 9.99. The van der Waals surface area contributed by atoms with Crippen molar-refractivity contribution in [2.75, 3.05) is 4.90 Å². The zero-order valence-corrected chi connectivity index (χ0v) is 20.8. The highest BCUT2D eigenvalue weighted by atomic mass is 19.1. The van der Waals surface area contributed by atoms with Crippen molar-refractivity contribution in [3.63, 3.8) is 0 Å². The van der Waals surface area contributed by atoms with Crippen molar-refractivity contribution in [1.29, 1.82) is 0 Å². The van der Waals surface area contributed by atoms with Gasteiger partial charge in [0, 0.05) is 17.3 Å². The molecule has 1 aliphatic rings. The number of anilines is 1. The third-order valence-corrected chi connectivity index (χ3v) is 7.01. The molecule has 1 atom stereocenters. The SMILES string of the molecule is CCc1ccccc1N(C(=O)Cn1nnc2ccccc21)[C@H](C(=O)NC1CCCC1)c1ccccc1F. The first-order valence-electron chi connectivity index (χ1n) is 12.8. The molecule has 1 N–H and O–H groups in total. The summed E-state index contributed by atoms with van der Waals surface area (Å²) in [7, 11) is 0. The van der Waals surface area contributed by atoms with E-state index in [2.05, 4.69) is 15.6 Å². The summed E-state index contributed by atoms with van der Waals surface area (Å²) in [6.07, 6.45) is 4.47. The molecule has 5 rings (SSSR count). The number of carbonyl (C=O) groups excluding carboxylic acids is 2. The molecule has 190 valence electrons. The van der Waals surface area contributed by atoms with Gasteiger partial charge in [-0.25, -0.2) is 9.07 Å². The Balaban J connectivity index is 1.61. The number of benzene rings is 3. The fourth-order valence-electron chi connectivity index (χ4n) is 5.15. The predicted octanol–water partition coefficient (Wildman–Crippen LogP) is 4.97. The monoisotopic (exact) mass is 499 g/mol. The van der Waals surface area contributed by atoms with Gasteiger partial charge < -0.3 is 5.32 Å². The second-order valence-corrected chi connectivity index (χ2v) is 9.40. The third kappa shape index (κ3) is 5.09. The summed E-state index contributed by atoms with van der Waals surface area (Å²) in [4.78, 5) is 29.4. The molecule has 37 heavy (non-hydrogen) atoms. The van der Waals surface area contributed by atoms with Crippen molar-refractivity contribution in [2.45, 2.75) is 57.7 Å². The van der Waals surface area contributed by atoms with Crippen molar-refractivity contribution < 1.29 is 14.0 Å². The molecule has 0 unspecified atom stereocenters. The normalized spacial score (nSPS) is 14.5. The first-order valence-corrected chi connectivity index (χ1v) is 12.8. The molecule has 1 aromatic heterocycles. The second-order valence-electron chi connectivity index (χ2n) is 9.40. The molecule has 4 aromatic rings. The van der Waals surface area contributed by atoms with Gasteiger partial charge in [0.2, 0.25) is 11.8 Å². The van der Waals surface area contributed by atoms with Crippen LogP contribution in [0, 0.1) is 5.82 Å². The first-order chi connectivity index (χ1) is 18.1. The average molecular weight is 500 g/mol. The number of hydrogen-bond donors (Lipinski definition) is 1. The van der Waals surface area contributed by atoms with E-state index in [9.17, 15) is 9.59 Å². The number of hydrogen-bond acceptors (Lipinski definition) is 4. The summed E-state index contributed by atoms with van der Waals surface area (Å²) < 4.78 is 16.8. The molecule has 8 heteroatoms. The quantitative estimate of drug-likeness (QED) is 0.371. The van der Waals surface area contributed by atoms with Gasteiger partial charge >= 0.3 is 0 Å². The Morgan fingerprint density at radius 3 is 2.51 bits per heavy atom. The fraction of sp³-hybridized carbons (Fsp3) is 0.310. The molecular weight excluding hydrogens is 469 g/mol. The van der Waals surface area contributed by atoms with E-state index in [0.717, 1.165) is 31.2 Å². The van der Waals surface area contributed by atoms with Gasteiger partial charge in [-0.2, -0.15) is 0 Å². The van der Waals surface area contributed by atoms with Crippen LogP contribution in [-0.2, 0) is 22.6 Å². The zero-order chi connectivity index (χ0) is 25.8. The Morgan fingerprint density at radius 1 is 1.03 bits per heavy atom. The lowest BCUT2D eigenvalue weighted by Gasteiger charge is -2.33. The molecule has 2 amide bonds. The van der Waals surface area contributed by atoms with Gasteiger partial charge in [0.1, 0.15) is 23.9 Å². The minimum atomic E-state index is -1.18. The molecule has 0 spiro atoms. The first kappa shape index (κ1) is 24.6. The van der Waals surface area contributed by atoms with Gasteiger partial charge in [-0.1, -0.05) is 73.5 Å². The van der Waals surface area contributed by atoms with Gasteiger partial charge in [0.05, 0.1) is 5.52 Å². The molecule has 7 nitrogen and oxygen atoms in total. The van der Waals surface area contributed by atoms with Gasteiger partial charge in [0.25, 0.3) is 0 Å². The van der Waals surface area contributed by atoms with E-state index in [1.165, 1.54) is 15.6 Å². The van der Waals surface area contributed by atoms with Crippen LogP contribution in [0.1, 0.15) is 49.8 Å². The molecule has 1 heterocycles. The molecule has 3 aromatic carbocycles. The minimum Gasteiger partial charge on any atom is -0.351 e. The maximum Gasteiger partial charge on any atom is 0.249 e. The largest absolute Gasteiger partial charge is 0.351 e. The second kappa shape index (κ2) is 10.9. The molecular formula is C29H30FN5O2. The van der Waals surface area contributed by atoms with E-state index >= 15 is 4.39 Å². The van der Waals surface area contributed by atoms with E-state index in [0.29, 0.717) is 23.1 Å². The van der Waals surface area contributed by atoms with Gasteiger partial charge in [-0.3, -0.25) is 14.5 Å². The topological polar surface area (TPSA) is 80.1 Å². The Morgan fingerprint density at radius 2 is 1.73 bits per heavy atom. The van der Waals surface area contributed by atoms with Crippen LogP contribution in [0.15, 0.2) is 72.8 Å². The number of para-hydroxylation sites is 2. The van der Waals surface area contributed by atoms with Gasteiger partial charge in [0.15, 0.2) is 0 Å². The van der Waals surface area contributed by atoms with Gasteiger partial charge in [-0.05, 0) is 49.1 Å². The van der Waals surface area contributed by atoms with Crippen LogP contribution in [0.3, 0.4) is 0 Å². The van der Waals surface area contributed by atoms with Crippen molar-refractivity contribution >= 4 is 28.5 Å². The highest BCUT2D eigenvalue weighted by molar-refractivity contribution is 6.02. The molecule has 0 aliphatic heterocycles. The van der Waals surface area contributed by atoms with E-state index in [4.69, 9.17) is 0 Å². The maximum atomic E-state index is 15.3. The average Bonchev–Trinajstić information content (AvgIpc) is 3.58. The van der Waals surface area contributed by atoms with Crippen LogP contribution in [0.4, 0.5) is 10.1 Å². The zero-order valence-electron chi connectivity index (χ0n) is 20.8. The van der Waals surface area contributed by atoms with Crippen LogP contribution in [0.25, 0.3) is 11.0 Å². The number of aryl methyl sites for hydroxylation is 1. The number of nitrogens with zero attached hydrogens (tertiary/aromatic N) is 4. The summed E-state index contributed by atoms with van der Waals surface area (Å²) in [5, 5.41) is 11.4. The van der Waals surface area contributed by atoms with Crippen molar-refractivity contribution in [3.8, 4) is 0 Å². The molecule has 1 fully saturated rings. The fourth-order valence-corrected chi connectivity index (χ4v) is 5.15. The standard InChI is InChI=1S/C29H30FN5O2/c1-2-20-11-3-9-17-25(20)35(27(36)19-34-26-18-10-8-16-24(26)32-33-34)28(22-14-6-7-15-23(22)30)29(37)31-21-12-4-5-13-21/h3,6-11,14-18,21,28H,2,4-5,12-13,19H2,1H3,(H,31,37)/t28-/m0/s1. The molecule has 0 radical (unpaired) electrons. The Labute approximate surface area is 215 Å². The number of carbonyl (C=O) groups is 2. The number of amides is 2. The van der Waals surface area contributed by atoms with Crippen molar-refractivity contribution in [1.82, 2.24) is 20.3 Å². The number of halogens is 1. The maximum absolute atomic E-state index is 15.3. The van der Waals surface area contributed by atoms with Crippen molar-refractivity contribution in [2.24, 2.45) is 0 Å². The van der Waals surface area contributed by atoms with Crippen LogP contribution in [-0.4, -0.2) is 32.9 Å². The van der Waals surface area contributed by atoms with E-state index < -0.39 is 11.9 Å². The summed E-state index contributed by atoms with van der Waals surface area (Å²) in [6.45, 7) is 1.84. The lowest BCUT2D eigenvalue weighted by molar-refractivity contribution is -0.127. The summed E-state index contributed by atoms with van der Waals surface area (Å²) >= 11 is 0. The molecule has 0 bridgehead atoms. The lowest BCUT2D eigenvalue weighted by Crippen LogP contribution is -2.48. The Kier molecular flexibility index (Phi) is 7.25. The van der Waals surface area contributed by atoms with Gasteiger partial charge in [-0.15, -0.1) is 5.10 Å². The van der Waals surface area contributed by atoms with E-state index in [1.807, 2.05) is 55.5 Å². The molecule has 1 saturated carbocycles. The van der Waals surface area contributed by atoms with Crippen LogP contribution >= 0.6 is 0 Å². The highest BCUT2D eigenvalue weighted by Gasteiger charge is 2.36. The van der Waals surface area contributed by atoms with Crippen LogP contribution < -0.4 is 10.2 Å². The molecule has 0 saturated heterocycles. The Hall–Kier alpha value is -4.07. The smallest absolute Gasteiger partial charge is 0.249 e. The van der Waals surface area contributed by atoms with Crippen LogP contribution in [0.2, 0.25) is 0 Å². The number of fused-ring (bicyclic) bond motifs is 1. The summed E-state index contributed by atoms with van der Waals surface area (Å²) in [5.41, 5.74) is 2.99. The third-order valence-electron chi connectivity index (χ3n) is 7.01. The molecule has 1 aliphatic carbocycles. The Bertz CT molecular complexity index is 1410. The number of aromatic nitrogens is 3. The predicted molar refractivity (Wildman–Crippen MR) is 140 cm³/mol.